The van der Waals surface area contributed by atoms with Gasteiger partial charge in [0.25, 0.3) is 0 Å². The molecule has 0 aliphatic rings. The molecular formula is C17H23N2O3P. The molecule has 124 valence electrons. The molecule has 0 unspecified atom stereocenters. The number of nitrogens with zero attached hydrogens (tertiary/aromatic N) is 2. The number of hydrogen-bond donors (Lipinski definition) is 0. The van der Waals surface area contributed by atoms with E-state index in [2.05, 4.69) is 16.9 Å². The molecule has 0 N–H and O–H groups in total. The van der Waals surface area contributed by atoms with Gasteiger partial charge in [-0.15, -0.1) is 0 Å². The zero-order valence-corrected chi connectivity index (χ0v) is 14.8. The van der Waals surface area contributed by atoms with Crippen LogP contribution in [0.2, 0.25) is 0 Å². The minimum atomic E-state index is -0.312. The Bertz CT molecular complexity index is 592. The normalized spacial score (nSPS) is 10.2. The third-order valence-corrected chi connectivity index (χ3v) is 3.25. The van der Waals surface area contributed by atoms with Crippen molar-refractivity contribution in [1.29, 1.82) is 0 Å². The monoisotopic (exact) mass is 334 g/mol. The molecule has 0 spiro atoms. The summed E-state index contributed by atoms with van der Waals surface area (Å²) in [4.78, 5) is 8.61. The van der Waals surface area contributed by atoms with Crippen molar-refractivity contribution in [3.8, 4) is 11.4 Å². The lowest BCUT2D eigenvalue weighted by Gasteiger charge is -2.04. The maximum Gasteiger partial charge on any atom is 0.327 e. The Morgan fingerprint density at radius 3 is 2.00 bits per heavy atom. The molecule has 2 aromatic heterocycles. The van der Waals surface area contributed by atoms with E-state index in [-0.39, 0.29) is 8.69 Å². The fourth-order valence-electron chi connectivity index (χ4n) is 1.84. The Labute approximate surface area is 139 Å². The average Bonchev–Trinajstić information content (AvgIpc) is 2.61. The molecule has 0 fully saturated rings. The highest BCUT2D eigenvalue weighted by Gasteiger charge is 2.03. The van der Waals surface area contributed by atoms with Gasteiger partial charge in [0.05, 0.1) is 18.0 Å². The molecule has 0 aromatic carbocycles. The summed E-state index contributed by atoms with van der Waals surface area (Å²) in [5.41, 5.74) is 3.79. The van der Waals surface area contributed by atoms with Gasteiger partial charge < -0.3 is 4.74 Å². The number of aryl methyl sites for hydroxylation is 1. The second-order valence-corrected chi connectivity index (χ2v) is 4.99. The number of hydrogen-bond acceptors (Lipinski definition) is 5. The predicted octanol–water partition coefficient (Wildman–Crippen LogP) is 4.47. The van der Waals surface area contributed by atoms with Crippen molar-refractivity contribution in [2.75, 3.05) is 13.2 Å². The number of pyridine rings is 2. The molecule has 23 heavy (non-hydrogen) atoms. The summed E-state index contributed by atoms with van der Waals surface area (Å²) in [6, 6.07) is 7.75. The highest BCUT2D eigenvalue weighted by Crippen LogP contribution is 2.18. The van der Waals surface area contributed by atoms with Crippen molar-refractivity contribution < 1.29 is 13.8 Å². The summed E-state index contributed by atoms with van der Waals surface area (Å²) in [6.45, 7) is 8.07. The van der Waals surface area contributed by atoms with Crippen LogP contribution in [0.15, 0.2) is 36.7 Å². The molecule has 0 aliphatic carbocycles. The third kappa shape index (κ3) is 7.42. The zero-order valence-electron chi connectivity index (χ0n) is 13.9. The Kier molecular flexibility index (Phi) is 9.96. The van der Waals surface area contributed by atoms with Crippen LogP contribution >= 0.6 is 8.69 Å². The molecule has 0 bridgehead atoms. The molecule has 0 aliphatic heterocycles. The summed E-state index contributed by atoms with van der Waals surface area (Å²) in [5, 5.41) is 0. The van der Waals surface area contributed by atoms with Gasteiger partial charge in [0.2, 0.25) is 0 Å². The number of aromatic nitrogens is 2. The molecule has 0 amide bonds. The third-order valence-electron chi connectivity index (χ3n) is 3.01. The van der Waals surface area contributed by atoms with Crippen LogP contribution in [-0.4, -0.2) is 23.2 Å². The van der Waals surface area contributed by atoms with Gasteiger partial charge in [0.15, 0.2) is 0 Å². The van der Waals surface area contributed by atoms with E-state index in [0.29, 0.717) is 6.61 Å². The first-order valence-corrected chi connectivity index (χ1v) is 8.40. The Morgan fingerprint density at radius 2 is 1.52 bits per heavy atom. The highest BCUT2D eigenvalue weighted by atomic mass is 31.1. The summed E-state index contributed by atoms with van der Waals surface area (Å²) in [7, 11) is -0.312. The van der Waals surface area contributed by atoms with E-state index < -0.39 is 0 Å². The van der Waals surface area contributed by atoms with Crippen LogP contribution in [0.1, 0.15) is 31.9 Å². The SMILES string of the molecule is CCOCC.CCc1ccnc(-c2cc(COP=O)ccn2)c1. The summed E-state index contributed by atoms with van der Waals surface area (Å²) < 4.78 is 19.9. The van der Waals surface area contributed by atoms with Gasteiger partial charge in [0, 0.05) is 25.6 Å². The lowest BCUT2D eigenvalue weighted by molar-refractivity contribution is 0.162. The first-order chi connectivity index (χ1) is 11.2. The van der Waals surface area contributed by atoms with Crippen molar-refractivity contribution >= 4 is 8.69 Å². The lowest BCUT2D eigenvalue weighted by Crippen LogP contribution is -1.92. The molecular weight excluding hydrogens is 311 g/mol. The molecule has 0 atom stereocenters. The highest BCUT2D eigenvalue weighted by molar-refractivity contribution is 7.17. The minimum Gasteiger partial charge on any atom is -0.382 e. The first kappa shape index (κ1) is 19.4. The van der Waals surface area contributed by atoms with Crippen LogP contribution in [0.3, 0.4) is 0 Å². The fraction of sp³-hybridized carbons (Fsp3) is 0.412. The number of rotatable bonds is 7. The quantitative estimate of drug-likeness (QED) is 0.699. The van der Waals surface area contributed by atoms with Crippen molar-refractivity contribution in [2.24, 2.45) is 0 Å². The van der Waals surface area contributed by atoms with Crippen LogP contribution < -0.4 is 0 Å². The fourth-order valence-corrected chi connectivity index (χ4v) is 2.05. The zero-order chi connectivity index (χ0) is 16.9. The lowest BCUT2D eigenvalue weighted by atomic mass is 10.1. The van der Waals surface area contributed by atoms with Crippen LogP contribution in [-0.2, 0) is 26.9 Å². The van der Waals surface area contributed by atoms with Gasteiger partial charge in [-0.2, -0.15) is 0 Å². The van der Waals surface area contributed by atoms with Gasteiger partial charge in [0.1, 0.15) is 0 Å². The van der Waals surface area contributed by atoms with Gasteiger partial charge in [-0.1, -0.05) is 6.92 Å². The molecule has 2 aromatic rings. The Hall–Kier alpha value is -1.68. The van der Waals surface area contributed by atoms with Crippen molar-refractivity contribution in [1.82, 2.24) is 9.97 Å². The van der Waals surface area contributed by atoms with E-state index in [0.717, 1.165) is 36.6 Å². The second-order valence-electron chi connectivity index (χ2n) is 4.58. The topological polar surface area (TPSA) is 61.3 Å². The van der Waals surface area contributed by atoms with Gasteiger partial charge >= 0.3 is 8.69 Å². The van der Waals surface area contributed by atoms with Gasteiger partial charge in [-0.05, 0) is 55.7 Å². The largest absolute Gasteiger partial charge is 0.382 e. The summed E-state index contributed by atoms with van der Waals surface area (Å²) >= 11 is 0. The second kappa shape index (κ2) is 11.8. The molecule has 0 radical (unpaired) electrons. The average molecular weight is 334 g/mol. The molecule has 0 saturated carbocycles. The molecule has 5 nitrogen and oxygen atoms in total. The smallest absolute Gasteiger partial charge is 0.327 e. The van der Waals surface area contributed by atoms with E-state index in [1.54, 1.807) is 12.4 Å². The van der Waals surface area contributed by atoms with Crippen molar-refractivity contribution in [3.05, 3.63) is 47.8 Å². The standard InChI is InChI=1S/C13H13N2O2P.C4H10O/c1-2-10-3-5-14-12(7-10)13-8-11(4-6-15-13)9-17-18-16;1-3-5-4-2/h3-8H,2,9H2,1H3;3-4H2,1-2H3. The van der Waals surface area contributed by atoms with E-state index in [1.807, 2.05) is 38.1 Å². The van der Waals surface area contributed by atoms with Gasteiger partial charge in [-0.25, -0.2) is 4.57 Å². The molecule has 2 rings (SSSR count). The van der Waals surface area contributed by atoms with Crippen LogP contribution in [0.5, 0.6) is 0 Å². The van der Waals surface area contributed by atoms with Crippen molar-refractivity contribution in [2.45, 2.75) is 33.8 Å². The molecule has 6 heteroatoms. The predicted molar refractivity (Wildman–Crippen MR) is 91.4 cm³/mol. The van der Waals surface area contributed by atoms with E-state index in [1.165, 1.54) is 5.56 Å². The van der Waals surface area contributed by atoms with Gasteiger partial charge in [-0.3, -0.25) is 14.5 Å². The first-order valence-electron chi connectivity index (χ1n) is 7.67. The summed E-state index contributed by atoms with van der Waals surface area (Å²) in [6.07, 6.45) is 4.46. The van der Waals surface area contributed by atoms with Crippen LogP contribution in [0, 0.1) is 0 Å². The molecule has 2 heterocycles. The van der Waals surface area contributed by atoms with E-state index in [4.69, 9.17) is 9.26 Å². The van der Waals surface area contributed by atoms with E-state index in [9.17, 15) is 4.57 Å². The Morgan fingerprint density at radius 1 is 0.957 bits per heavy atom. The molecule has 0 saturated heterocycles. The maximum atomic E-state index is 10.3. The minimum absolute atomic E-state index is 0.300. The van der Waals surface area contributed by atoms with Crippen LogP contribution in [0.4, 0.5) is 0 Å². The van der Waals surface area contributed by atoms with Crippen LogP contribution in [0.25, 0.3) is 11.4 Å². The number of ether oxygens (including phenoxy) is 1. The van der Waals surface area contributed by atoms with E-state index >= 15 is 0 Å². The summed E-state index contributed by atoms with van der Waals surface area (Å²) in [5.74, 6) is 0. The maximum absolute atomic E-state index is 10.3. The van der Waals surface area contributed by atoms with Crippen molar-refractivity contribution in [3.63, 3.8) is 0 Å². The Balaban J connectivity index is 0.000000463.